The lowest BCUT2D eigenvalue weighted by Gasteiger charge is -2.03. The highest BCUT2D eigenvalue weighted by Gasteiger charge is 2.06. The van der Waals surface area contributed by atoms with Crippen LogP contribution in [0.4, 0.5) is 0 Å². The van der Waals surface area contributed by atoms with Gasteiger partial charge in [-0.3, -0.25) is 0 Å². The molecule has 1 nitrogen and oxygen atoms in total. The highest BCUT2D eigenvalue weighted by atomic mass is 127. The molecule has 0 aliphatic heterocycles. The number of alkyl halides is 1. The van der Waals surface area contributed by atoms with Crippen LogP contribution in [0.15, 0.2) is 12.1 Å². The van der Waals surface area contributed by atoms with Crippen molar-refractivity contribution in [1.82, 2.24) is 0 Å². The summed E-state index contributed by atoms with van der Waals surface area (Å²) in [7, 11) is 0. The van der Waals surface area contributed by atoms with Gasteiger partial charge in [0.2, 0.25) is 0 Å². The zero-order valence-corrected chi connectivity index (χ0v) is 10.4. The standard InChI is InChI=1S/C8H4BrClIN/c9-3-7-5(4-12)1-6(10)2-8(7)11/h1-2H,3H2. The predicted molar refractivity (Wildman–Crippen MR) is 61.5 cm³/mol. The molecule has 0 amide bonds. The van der Waals surface area contributed by atoms with Crippen LogP contribution in [0.1, 0.15) is 11.1 Å². The van der Waals surface area contributed by atoms with E-state index in [1.165, 1.54) is 0 Å². The van der Waals surface area contributed by atoms with Gasteiger partial charge in [-0.05, 0) is 40.3 Å². The van der Waals surface area contributed by atoms with Gasteiger partial charge in [0.1, 0.15) is 0 Å². The van der Waals surface area contributed by atoms with Crippen LogP contribution in [0.2, 0.25) is 5.02 Å². The fourth-order valence-corrected chi connectivity index (χ4v) is 3.19. The maximum absolute atomic E-state index is 8.77. The van der Waals surface area contributed by atoms with E-state index in [1.54, 1.807) is 6.07 Å². The molecule has 0 saturated carbocycles. The van der Waals surface area contributed by atoms with Crippen LogP contribution in [-0.2, 0) is 5.33 Å². The fraction of sp³-hybridized carbons (Fsp3) is 0.125. The molecular formula is C8H4BrClIN. The Balaban J connectivity index is 3.36. The van der Waals surface area contributed by atoms with E-state index in [9.17, 15) is 0 Å². The van der Waals surface area contributed by atoms with E-state index in [2.05, 4.69) is 44.6 Å². The van der Waals surface area contributed by atoms with Crippen molar-refractivity contribution in [3.63, 3.8) is 0 Å². The minimum atomic E-state index is 0.612. The lowest BCUT2D eigenvalue weighted by Crippen LogP contribution is -1.90. The average molecular weight is 356 g/mol. The molecule has 0 aromatic heterocycles. The number of hydrogen-bond donors (Lipinski definition) is 0. The molecule has 0 spiro atoms. The minimum Gasteiger partial charge on any atom is -0.192 e. The molecule has 0 fully saturated rings. The highest BCUT2D eigenvalue weighted by molar-refractivity contribution is 14.1. The number of nitrogens with zero attached hydrogens (tertiary/aromatic N) is 1. The second kappa shape index (κ2) is 4.45. The first-order chi connectivity index (χ1) is 5.69. The summed E-state index contributed by atoms with van der Waals surface area (Å²) in [5.41, 5.74) is 1.64. The third-order valence-corrected chi connectivity index (χ3v) is 3.16. The maximum atomic E-state index is 8.77. The Labute approximate surface area is 98.0 Å². The van der Waals surface area contributed by atoms with Crippen LogP contribution in [0.5, 0.6) is 0 Å². The van der Waals surface area contributed by atoms with E-state index in [1.807, 2.05) is 6.07 Å². The summed E-state index contributed by atoms with van der Waals surface area (Å²) in [5.74, 6) is 0. The van der Waals surface area contributed by atoms with Crippen molar-refractivity contribution in [2.75, 3.05) is 0 Å². The van der Waals surface area contributed by atoms with Crippen molar-refractivity contribution in [3.8, 4) is 6.07 Å². The van der Waals surface area contributed by atoms with Crippen LogP contribution >= 0.6 is 50.1 Å². The summed E-state index contributed by atoms with van der Waals surface area (Å²) in [5, 5.41) is 10.1. The zero-order chi connectivity index (χ0) is 9.14. The zero-order valence-electron chi connectivity index (χ0n) is 5.94. The van der Waals surface area contributed by atoms with E-state index < -0.39 is 0 Å². The molecule has 12 heavy (non-hydrogen) atoms. The Hall–Kier alpha value is 0.210. The van der Waals surface area contributed by atoms with Gasteiger partial charge >= 0.3 is 0 Å². The van der Waals surface area contributed by atoms with Gasteiger partial charge < -0.3 is 0 Å². The maximum Gasteiger partial charge on any atom is 0.0995 e. The summed E-state index contributed by atoms with van der Waals surface area (Å²) in [6, 6.07) is 5.64. The molecule has 62 valence electrons. The lowest BCUT2D eigenvalue weighted by molar-refractivity contribution is 1.34. The lowest BCUT2D eigenvalue weighted by atomic mass is 10.1. The molecule has 0 aliphatic rings. The smallest absolute Gasteiger partial charge is 0.0995 e. The summed E-state index contributed by atoms with van der Waals surface area (Å²) in [6.45, 7) is 0. The molecule has 1 aromatic rings. The molecule has 0 aliphatic carbocycles. The summed E-state index contributed by atoms with van der Waals surface area (Å²) < 4.78 is 1.02. The van der Waals surface area contributed by atoms with E-state index >= 15 is 0 Å². The topological polar surface area (TPSA) is 23.8 Å². The summed E-state index contributed by atoms with van der Waals surface area (Å²) in [4.78, 5) is 0. The Morgan fingerprint density at radius 3 is 2.75 bits per heavy atom. The molecule has 0 unspecified atom stereocenters. The Morgan fingerprint density at radius 2 is 2.25 bits per heavy atom. The number of halogens is 3. The van der Waals surface area contributed by atoms with Gasteiger partial charge in [-0.25, -0.2) is 0 Å². The van der Waals surface area contributed by atoms with Crippen molar-refractivity contribution < 1.29 is 0 Å². The Morgan fingerprint density at radius 1 is 1.58 bits per heavy atom. The summed E-state index contributed by atoms with van der Waals surface area (Å²) in [6.07, 6.45) is 0. The number of nitriles is 1. The molecule has 0 bridgehead atoms. The molecular weight excluding hydrogens is 352 g/mol. The number of hydrogen-bond acceptors (Lipinski definition) is 1. The Bertz CT molecular complexity index is 346. The van der Waals surface area contributed by atoms with Gasteiger partial charge in [-0.15, -0.1) is 0 Å². The largest absolute Gasteiger partial charge is 0.192 e. The van der Waals surface area contributed by atoms with Gasteiger partial charge in [-0.2, -0.15) is 5.26 Å². The molecule has 0 radical (unpaired) electrons. The van der Waals surface area contributed by atoms with Crippen molar-refractivity contribution in [2.45, 2.75) is 5.33 Å². The molecule has 1 rings (SSSR count). The van der Waals surface area contributed by atoms with Gasteiger partial charge in [0.25, 0.3) is 0 Å². The van der Waals surface area contributed by atoms with Crippen molar-refractivity contribution in [1.29, 1.82) is 5.26 Å². The van der Waals surface area contributed by atoms with Crippen LogP contribution in [0.25, 0.3) is 0 Å². The van der Waals surface area contributed by atoms with Crippen molar-refractivity contribution in [2.24, 2.45) is 0 Å². The second-order valence-electron chi connectivity index (χ2n) is 2.16. The molecule has 0 saturated heterocycles. The third-order valence-electron chi connectivity index (χ3n) is 1.41. The first-order valence-electron chi connectivity index (χ1n) is 3.13. The highest BCUT2D eigenvalue weighted by Crippen LogP contribution is 2.24. The fourth-order valence-electron chi connectivity index (χ4n) is 0.839. The molecule has 4 heteroatoms. The van der Waals surface area contributed by atoms with E-state index in [0.717, 1.165) is 9.13 Å². The second-order valence-corrected chi connectivity index (χ2v) is 4.32. The Kier molecular flexibility index (Phi) is 3.81. The quantitative estimate of drug-likeness (QED) is 0.556. The van der Waals surface area contributed by atoms with Crippen molar-refractivity contribution >= 4 is 50.1 Å². The van der Waals surface area contributed by atoms with E-state index in [4.69, 9.17) is 16.9 Å². The monoisotopic (exact) mass is 355 g/mol. The van der Waals surface area contributed by atoms with Crippen molar-refractivity contribution in [3.05, 3.63) is 31.9 Å². The SMILES string of the molecule is N#Cc1cc(Cl)cc(I)c1CBr. The predicted octanol–water partition coefficient (Wildman–Crippen LogP) is 3.71. The number of rotatable bonds is 1. The average Bonchev–Trinajstić information content (AvgIpc) is 2.03. The van der Waals surface area contributed by atoms with Gasteiger partial charge in [0, 0.05) is 13.9 Å². The first kappa shape index (κ1) is 10.3. The van der Waals surface area contributed by atoms with Crippen LogP contribution in [-0.4, -0.2) is 0 Å². The normalized spacial score (nSPS) is 9.50. The van der Waals surface area contributed by atoms with Gasteiger partial charge in [0.15, 0.2) is 0 Å². The van der Waals surface area contributed by atoms with Gasteiger partial charge in [-0.1, -0.05) is 27.5 Å². The molecule has 0 heterocycles. The molecule has 0 N–H and O–H groups in total. The first-order valence-corrected chi connectivity index (χ1v) is 5.71. The van der Waals surface area contributed by atoms with Crippen LogP contribution < -0.4 is 0 Å². The molecule has 1 aromatic carbocycles. The third kappa shape index (κ3) is 2.12. The minimum absolute atomic E-state index is 0.612. The van der Waals surface area contributed by atoms with Crippen LogP contribution in [0.3, 0.4) is 0 Å². The summed E-state index contributed by atoms with van der Waals surface area (Å²) >= 11 is 11.3. The van der Waals surface area contributed by atoms with Crippen LogP contribution in [0, 0.1) is 14.9 Å². The van der Waals surface area contributed by atoms with E-state index in [0.29, 0.717) is 15.9 Å². The van der Waals surface area contributed by atoms with E-state index in [-0.39, 0.29) is 0 Å². The molecule has 0 atom stereocenters. The van der Waals surface area contributed by atoms with Gasteiger partial charge in [0.05, 0.1) is 11.6 Å². The number of benzene rings is 1.